The molecule has 3 heteroatoms. The lowest BCUT2D eigenvalue weighted by Gasteiger charge is -2.27. The van der Waals surface area contributed by atoms with E-state index < -0.39 is 0 Å². The quantitative estimate of drug-likeness (QED) is 0.774. The summed E-state index contributed by atoms with van der Waals surface area (Å²) in [6, 6.07) is 10.3. The third kappa shape index (κ3) is 2.50. The minimum atomic E-state index is -0.214. The van der Waals surface area contributed by atoms with Gasteiger partial charge in [0.05, 0.1) is 6.10 Å². The van der Waals surface area contributed by atoms with Crippen molar-refractivity contribution in [1.29, 1.82) is 0 Å². The molecule has 2 atom stereocenters. The molecule has 1 heterocycles. The Morgan fingerprint density at radius 3 is 2.79 bits per heavy atom. The normalized spacial score (nSPS) is 27.5. The van der Waals surface area contributed by atoms with E-state index in [9.17, 15) is 5.11 Å². The molecule has 2 nitrogen and oxygen atoms in total. The maximum atomic E-state index is 9.75. The molecule has 1 aliphatic heterocycles. The van der Waals surface area contributed by atoms with Gasteiger partial charge in [0.25, 0.3) is 0 Å². The highest BCUT2D eigenvalue weighted by atomic mass is 32.2. The summed E-state index contributed by atoms with van der Waals surface area (Å²) in [7, 11) is 0. The van der Waals surface area contributed by atoms with Gasteiger partial charge in [0, 0.05) is 16.7 Å². The van der Waals surface area contributed by atoms with Crippen LogP contribution in [0, 0.1) is 0 Å². The summed E-state index contributed by atoms with van der Waals surface area (Å²) in [5.74, 6) is 0. The first kappa shape index (κ1) is 10.0. The standard InChI is InChI=1S/C11H15NOS/c13-10-8-12-7-6-11(10)14-9-4-2-1-3-5-9/h1-5,10-13H,6-8H2. The van der Waals surface area contributed by atoms with Crippen LogP contribution in [0.15, 0.2) is 35.2 Å². The smallest absolute Gasteiger partial charge is 0.0786 e. The fourth-order valence-electron chi connectivity index (χ4n) is 1.63. The van der Waals surface area contributed by atoms with Crippen molar-refractivity contribution in [2.75, 3.05) is 13.1 Å². The average Bonchev–Trinajstić information content (AvgIpc) is 2.23. The Morgan fingerprint density at radius 1 is 1.29 bits per heavy atom. The maximum absolute atomic E-state index is 9.75. The van der Waals surface area contributed by atoms with E-state index in [1.165, 1.54) is 4.90 Å². The first-order valence-corrected chi connectivity index (χ1v) is 5.85. The van der Waals surface area contributed by atoms with Gasteiger partial charge in [0.2, 0.25) is 0 Å². The minimum Gasteiger partial charge on any atom is -0.391 e. The predicted octanol–water partition coefficient (Wildman–Crippen LogP) is 1.50. The van der Waals surface area contributed by atoms with Gasteiger partial charge in [-0.25, -0.2) is 0 Å². The van der Waals surface area contributed by atoms with Crippen LogP contribution in [0.5, 0.6) is 0 Å². The number of nitrogens with one attached hydrogen (secondary N) is 1. The van der Waals surface area contributed by atoms with Gasteiger partial charge in [0.15, 0.2) is 0 Å². The molecule has 2 unspecified atom stereocenters. The largest absolute Gasteiger partial charge is 0.391 e. The van der Waals surface area contributed by atoms with Gasteiger partial charge in [-0.3, -0.25) is 0 Å². The van der Waals surface area contributed by atoms with Gasteiger partial charge >= 0.3 is 0 Å². The van der Waals surface area contributed by atoms with Crippen LogP contribution in [0.25, 0.3) is 0 Å². The number of hydrogen-bond donors (Lipinski definition) is 2. The van der Waals surface area contributed by atoms with Gasteiger partial charge in [-0.05, 0) is 25.1 Å². The summed E-state index contributed by atoms with van der Waals surface area (Å²) in [4.78, 5) is 1.25. The molecular formula is C11H15NOS. The lowest BCUT2D eigenvalue weighted by atomic mass is 10.1. The Hall–Kier alpha value is -0.510. The van der Waals surface area contributed by atoms with Crippen molar-refractivity contribution in [3.05, 3.63) is 30.3 Å². The molecule has 1 aromatic rings. The zero-order chi connectivity index (χ0) is 9.80. The number of thioether (sulfide) groups is 1. The Bertz CT molecular complexity index is 278. The van der Waals surface area contributed by atoms with Crippen molar-refractivity contribution in [2.24, 2.45) is 0 Å². The molecule has 0 saturated carbocycles. The molecule has 0 amide bonds. The second kappa shape index (κ2) is 4.82. The summed E-state index contributed by atoms with van der Waals surface area (Å²) in [5, 5.41) is 13.3. The van der Waals surface area contributed by atoms with Crippen molar-refractivity contribution in [3.63, 3.8) is 0 Å². The van der Waals surface area contributed by atoms with Gasteiger partial charge in [-0.1, -0.05) is 18.2 Å². The molecule has 0 spiro atoms. The first-order chi connectivity index (χ1) is 6.86. The van der Waals surface area contributed by atoms with Crippen molar-refractivity contribution in [1.82, 2.24) is 5.32 Å². The summed E-state index contributed by atoms with van der Waals surface area (Å²) in [6.07, 6.45) is 0.828. The van der Waals surface area contributed by atoms with Crippen LogP contribution in [-0.2, 0) is 0 Å². The molecule has 0 aliphatic carbocycles. The van der Waals surface area contributed by atoms with Gasteiger partial charge in [-0.15, -0.1) is 11.8 Å². The van der Waals surface area contributed by atoms with Crippen LogP contribution in [-0.4, -0.2) is 29.5 Å². The molecule has 0 radical (unpaired) electrons. The average molecular weight is 209 g/mol. The molecule has 2 rings (SSSR count). The van der Waals surface area contributed by atoms with E-state index in [-0.39, 0.29) is 6.10 Å². The lowest BCUT2D eigenvalue weighted by molar-refractivity contribution is 0.149. The second-order valence-corrected chi connectivity index (χ2v) is 4.84. The molecular weight excluding hydrogens is 194 g/mol. The Balaban J connectivity index is 1.96. The number of aliphatic hydroxyl groups is 1. The summed E-state index contributed by atoms with van der Waals surface area (Å²) in [5.41, 5.74) is 0. The number of rotatable bonds is 2. The van der Waals surface area contributed by atoms with E-state index >= 15 is 0 Å². The van der Waals surface area contributed by atoms with Crippen LogP contribution in [0.2, 0.25) is 0 Å². The molecule has 1 saturated heterocycles. The predicted molar refractivity (Wildman–Crippen MR) is 59.6 cm³/mol. The third-order valence-electron chi connectivity index (χ3n) is 2.42. The SMILES string of the molecule is OC1CNCCC1Sc1ccccc1. The van der Waals surface area contributed by atoms with E-state index in [1.807, 2.05) is 18.2 Å². The zero-order valence-electron chi connectivity index (χ0n) is 8.02. The highest BCUT2D eigenvalue weighted by molar-refractivity contribution is 8.00. The highest BCUT2D eigenvalue weighted by Crippen LogP contribution is 2.28. The molecule has 14 heavy (non-hydrogen) atoms. The second-order valence-electron chi connectivity index (χ2n) is 3.53. The fourth-order valence-corrected chi connectivity index (χ4v) is 2.78. The molecule has 0 aromatic heterocycles. The van der Waals surface area contributed by atoms with Gasteiger partial charge < -0.3 is 10.4 Å². The fraction of sp³-hybridized carbons (Fsp3) is 0.455. The van der Waals surface area contributed by atoms with E-state index in [4.69, 9.17) is 0 Å². The Kier molecular flexibility index (Phi) is 3.45. The molecule has 1 aliphatic rings. The van der Waals surface area contributed by atoms with E-state index in [2.05, 4.69) is 17.4 Å². The molecule has 2 N–H and O–H groups in total. The molecule has 1 aromatic carbocycles. The number of hydrogen-bond acceptors (Lipinski definition) is 3. The first-order valence-electron chi connectivity index (χ1n) is 4.97. The summed E-state index contributed by atoms with van der Waals surface area (Å²) < 4.78 is 0. The van der Waals surface area contributed by atoms with E-state index in [0.717, 1.165) is 19.5 Å². The van der Waals surface area contributed by atoms with E-state index in [0.29, 0.717) is 5.25 Å². The van der Waals surface area contributed by atoms with Crippen LogP contribution in [0.4, 0.5) is 0 Å². The van der Waals surface area contributed by atoms with Crippen molar-refractivity contribution in [2.45, 2.75) is 22.7 Å². The number of piperidine rings is 1. The monoisotopic (exact) mass is 209 g/mol. The summed E-state index contributed by atoms with van der Waals surface area (Å²) >= 11 is 1.78. The summed E-state index contributed by atoms with van der Waals surface area (Å²) in [6.45, 7) is 1.74. The van der Waals surface area contributed by atoms with Crippen molar-refractivity contribution >= 4 is 11.8 Å². The van der Waals surface area contributed by atoms with Gasteiger partial charge in [0.1, 0.15) is 0 Å². The van der Waals surface area contributed by atoms with Crippen LogP contribution < -0.4 is 5.32 Å². The zero-order valence-corrected chi connectivity index (χ0v) is 8.83. The molecule has 0 bridgehead atoms. The molecule has 1 fully saturated rings. The Labute approximate surface area is 88.7 Å². The van der Waals surface area contributed by atoms with Crippen LogP contribution >= 0.6 is 11.8 Å². The van der Waals surface area contributed by atoms with Crippen LogP contribution in [0.3, 0.4) is 0 Å². The minimum absolute atomic E-state index is 0.214. The van der Waals surface area contributed by atoms with E-state index in [1.54, 1.807) is 11.8 Å². The number of β-amino-alcohol motifs (C(OH)–C–C–N with tert-alkyl or cyclic N) is 1. The maximum Gasteiger partial charge on any atom is 0.0786 e. The number of benzene rings is 1. The van der Waals surface area contributed by atoms with Crippen molar-refractivity contribution < 1.29 is 5.11 Å². The highest BCUT2D eigenvalue weighted by Gasteiger charge is 2.23. The lowest BCUT2D eigenvalue weighted by Crippen LogP contribution is -2.42. The topological polar surface area (TPSA) is 32.3 Å². The van der Waals surface area contributed by atoms with Gasteiger partial charge in [-0.2, -0.15) is 0 Å². The number of aliphatic hydroxyl groups excluding tert-OH is 1. The third-order valence-corrected chi connectivity index (χ3v) is 3.82. The Morgan fingerprint density at radius 2 is 2.07 bits per heavy atom. The van der Waals surface area contributed by atoms with Crippen molar-refractivity contribution in [3.8, 4) is 0 Å². The van der Waals surface area contributed by atoms with Crippen LogP contribution in [0.1, 0.15) is 6.42 Å². The molecule has 76 valence electrons.